The Labute approximate surface area is 98.8 Å². The average molecular weight is 275 g/mol. The Morgan fingerprint density at radius 1 is 1.33 bits per heavy atom. The Morgan fingerprint density at radius 3 is 2.40 bits per heavy atom. The fourth-order valence-corrected chi connectivity index (χ4v) is 2.16. The lowest BCUT2D eigenvalue weighted by atomic mass is 9.95. The molecule has 0 fully saturated rings. The van der Waals surface area contributed by atoms with Gasteiger partial charge in [0.25, 0.3) is 0 Å². The standard InChI is InChI=1S/C12H16BrFO/c1-9(15-2)7-11(8-13)10-3-5-12(14)6-4-10/h3-6,9,11H,7-8H2,1-2H3. The van der Waals surface area contributed by atoms with Gasteiger partial charge in [-0.15, -0.1) is 0 Å². The van der Waals surface area contributed by atoms with Crippen molar-refractivity contribution in [3.05, 3.63) is 35.6 Å². The van der Waals surface area contributed by atoms with Crippen molar-refractivity contribution < 1.29 is 9.13 Å². The molecule has 0 aromatic heterocycles. The van der Waals surface area contributed by atoms with Crippen LogP contribution < -0.4 is 0 Å². The van der Waals surface area contributed by atoms with E-state index in [4.69, 9.17) is 4.74 Å². The quantitative estimate of drug-likeness (QED) is 0.744. The highest BCUT2D eigenvalue weighted by molar-refractivity contribution is 9.09. The number of ether oxygens (including phenoxy) is 1. The number of hydrogen-bond donors (Lipinski definition) is 0. The van der Waals surface area contributed by atoms with Gasteiger partial charge in [0.15, 0.2) is 0 Å². The topological polar surface area (TPSA) is 9.23 Å². The first-order valence-electron chi connectivity index (χ1n) is 5.01. The molecule has 15 heavy (non-hydrogen) atoms. The minimum Gasteiger partial charge on any atom is -0.382 e. The van der Waals surface area contributed by atoms with Gasteiger partial charge in [-0.3, -0.25) is 0 Å². The van der Waals surface area contributed by atoms with Crippen LogP contribution in [0.5, 0.6) is 0 Å². The zero-order chi connectivity index (χ0) is 11.3. The molecule has 0 N–H and O–H groups in total. The smallest absolute Gasteiger partial charge is 0.123 e. The van der Waals surface area contributed by atoms with Crippen LogP contribution in [-0.4, -0.2) is 18.5 Å². The van der Waals surface area contributed by atoms with E-state index in [2.05, 4.69) is 15.9 Å². The summed E-state index contributed by atoms with van der Waals surface area (Å²) in [5.41, 5.74) is 1.15. The first kappa shape index (κ1) is 12.7. The van der Waals surface area contributed by atoms with Gasteiger partial charge in [0, 0.05) is 12.4 Å². The fraction of sp³-hybridized carbons (Fsp3) is 0.500. The minimum atomic E-state index is -0.188. The second-order valence-corrected chi connectivity index (χ2v) is 4.33. The first-order valence-corrected chi connectivity index (χ1v) is 6.13. The van der Waals surface area contributed by atoms with Gasteiger partial charge in [-0.05, 0) is 37.0 Å². The van der Waals surface area contributed by atoms with Crippen LogP contribution >= 0.6 is 15.9 Å². The van der Waals surface area contributed by atoms with Crippen LogP contribution in [0.25, 0.3) is 0 Å². The van der Waals surface area contributed by atoms with Gasteiger partial charge in [-0.25, -0.2) is 4.39 Å². The van der Waals surface area contributed by atoms with Crippen LogP contribution in [0, 0.1) is 5.82 Å². The normalized spacial score (nSPS) is 14.9. The van der Waals surface area contributed by atoms with Gasteiger partial charge < -0.3 is 4.74 Å². The molecule has 1 aromatic rings. The maximum Gasteiger partial charge on any atom is 0.123 e. The van der Waals surface area contributed by atoms with Crippen LogP contribution in [0.3, 0.4) is 0 Å². The zero-order valence-corrected chi connectivity index (χ0v) is 10.6. The third-order valence-electron chi connectivity index (χ3n) is 2.55. The molecule has 2 unspecified atom stereocenters. The molecule has 1 nitrogen and oxygen atoms in total. The molecular weight excluding hydrogens is 259 g/mol. The molecule has 0 heterocycles. The maximum atomic E-state index is 12.7. The molecule has 1 aromatic carbocycles. The largest absolute Gasteiger partial charge is 0.382 e. The number of alkyl halides is 1. The van der Waals surface area contributed by atoms with Gasteiger partial charge >= 0.3 is 0 Å². The highest BCUT2D eigenvalue weighted by atomic mass is 79.9. The van der Waals surface area contributed by atoms with Crippen molar-refractivity contribution in [2.45, 2.75) is 25.4 Å². The van der Waals surface area contributed by atoms with E-state index in [9.17, 15) is 4.39 Å². The molecule has 0 spiro atoms. The third kappa shape index (κ3) is 3.92. The van der Waals surface area contributed by atoms with E-state index < -0.39 is 0 Å². The van der Waals surface area contributed by atoms with E-state index in [1.807, 2.05) is 19.1 Å². The Hall–Kier alpha value is -0.410. The zero-order valence-electron chi connectivity index (χ0n) is 9.04. The van der Waals surface area contributed by atoms with Gasteiger partial charge in [0.1, 0.15) is 5.82 Å². The number of hydrogen-bond acceptors (Lipinski definition) is 1. The summed E-state index contributed by atoms with van der Waals surface area (Å²) in [4.78, 5) is 0. The lowest BCUT2D eigenvalue weighted by Crippen LogP contribution is -2.12. The molecule has 0 amide bonds. The van der Waals surface area contributed by atoms with E-state index in [0.29, 0.717) is 5.92 Å². The molecule has 3 heteroatoms. The maximum absolute atomic E-state index is 12.7. The molecule has 0 radical (unpaired) electrons. The summed E-state index contributed by atoms with van der Waals surface area (Å²) in [6, 6.07) is 6.68. The Kier molecular flexibility index (Phi) is 5.26. The number of methoxy groups -OCH3 is 1. The Morgan fingerprint density at radius 2 is 1.93 bits per heavy atom. The summed E-state index contributed by atoms with van der Waals surface area (Å²) in [6.07, 6.45) is 1.16. The fourth-order valence-electron chi connectivity index (χ4n) is 1.52. The Balaban J connectivity index is 2.69. The summed E-state index contributed by atoms with van der Waals surface area (Å²) < 4.78 is 18.0. The van der Waals surface area contributed by atoms with Crippen LogP contribution in [0.2, 0.25) is 0 Å². The number of halogens is 2. The lowest BCUT2D eigenvalue weighted by Gasteiger charge is -2.18. The highest BCUT2D eigenvalue weighted by Gasteiger charge is 2.13. The molecular formula is C12H16BrFO. The molecule has 0 bridgehead atoms. The second kappa shape index (κ2) is 6.23. The third-order valence-corrected chi connectivity index (χ3v) is 3.33. The monoisotopic (exact) mass is 274 g/mol. The van der Waals surface area contributed by atoms with Gasteiger partial charge in [-0.2, -0.15) is 0 Å². The molecule has 0 saturated carbocycles. The molecule has 0 aliphatic heterocycles. The SMILES string of the molecule is COC(C)CC(CBr)c1ccc(F)cc1. The van der Waals surface area contributed by atoms with Crippen molar-refractivity contribution in [1.82, 2.24) is 0 Å². The van der Waals surface area contributed by atoms with Crippen LogP contribution in [0.1, 0.15) is 24.8 Å². The van der Waals surface area contributed by atoms with Crippen molar-refractivity contribution >= 4 is 15.9 Å². The molecule has 0 aliphatic carbocycles. The first-order chi connectivity index (χ1) is 7.17. The van der Waals surface area contributed by atoms with Crippen molar-refractivity contribution in [2.75, 3.05) is 12.4 Å². The second-order valence-electron chi connectivity index (χ2n) is 3.68. The Bertz CT molecular complexity index is 286. The van der Waals surface area contributed by atoms with Crippen molar-refractivity contribution in [2.24, 2.45) is 0 Å². The van der Waals surface area contributed by atoms with Crippen LogP contribution in [0.4, 0.5) is 4.39 Å². The van der Waals surface area contributed by atoms with E-state index in [-0.39, 0.29) is 11.9 Å². The van der Waals surface area contributed by atoms with Crippen molar-refractivity contribution in [3.63, 3.8) is 0 Å². The average Bonchev–Trinajstić information content (AvgIpc) is 2.27. The van der Waals surface area contributed by atoms with Gasteiger partial charge in [-0.1, -0.05) is 28.1 Å². The van der Waals surface area contributed by atoms with Crippen molar-refractivity contribution in [1.29, 1.82) is 0 Å². The number of benzene rings is 1. The summed E-state index contributed by atoms with van der Waals surface area (Å²) >= 11 is 3.48. The van der Waals surface area contributed by atoms with Crippen molar-refractivity contribution in [3.8, 4) is 0 Å². The van der Waals surface area contributed by atoms with E-state index >= 15 is 0 Å². The minimum absolute atomic E-state index is 0.188. The molecule has 84 valence electrons. The van der Waals surface area contributed by atoms with Crippen LogP contribution in [0.15, 0.2) is 24.3 Å². The van der Waals surface area contributed by atoms with E-state index in [1.165, 1.54) is 12.1 Å². The predicted molar refractivity (Wildman–Crippen MR) is 64.0 cm³/mol. The van der Waals surface area contributed by atoms with Crippen LogP contribution in [-0.2, 0) is 4.74 Å². The molecule has 1 rings (SSSR count). The predicted octanol–water partition coefficient (Wildman–Crippen LogP) is 3.73. The molecule has 0 aliphatic rings. The summed E-state index contributed by atoms with van der Waals surface area (Å²) in [6.45, 7) is 2.04. The lowest BCUT2D eigenvalue weighted by molar-refractivity contribution is 0.106. The summed E-state index contributed by atoms with van der Waals surface area (Å²) in [5.74, 6) is 0.187. The molecule has 0 saturated heterocycles. The molecule has 2 atom stereocenters. The number of rotatable bonds is 5. The summed E-state index contributed by atoms with van der Waals surface area (Å²) in [7, 11) is 1.71. The van der Waals surface area contributed by atoms with E-state index in [0.717, 1.165) is 17.3 Å². The van der Waals surface area contributed by atoms with E-state index in [1.54, 1.807) is 7.11 Å². The van der Waals surface area contributed by atoms with Gasteiger partial charge in [0.2, 0.25) is 0 Å². The summed E-state index contributed by atoms with van der Waals surface area (Å²) in [5, 5.41) is 0.867. The van der Waals surface area contributed by atoms with Gasteiger partial charge in [0.05, 0.1) is 6.10 Å². The highest BCUT2D eigenvalue weighted by Crippen LogP contribution is 2.24.